The van der Waals surface area contributed by atoms with Crippen molar-refractivity contribution in [3.63, 3.8) is 0 Å². The normalized spacial score (nSPS) is 11.5. The van der Waals surface area contributed by atoms with E-state index >= 15 is 0 Å². The molecule has 0 fully saturated rings. The lowest BCUT2D eigenvalue weighted by Crippen LogP contribution is -2.13. The number of hydrogen-bond donors (Lipinski definition) is 0. The van der Waals surface area contributed by atoms with E-state index in [2.05, 4.69) is 57.8 Å². The van der Waals surface area contributed by atoms with Crippen molar-refractivity contribution < 1.29 is 0 Å². The van der Waals surface area contributed by atoms with Crippen LogP contribution in [0.25, 0.3) is 0 Å². The Morgan fingerprint density at radius 2 is 1.55 bits per heavy atom. The Bertz CT molecular complexity index is 213. The quantitative estimate of drug-likeness (QED) is 0.628. The van der Waals surface area contributed by atoms with Crippen LogP contribution in [0.15, 0.2) is 35.2 Å². The van der Waals surface area contributed by atoms with E-state index in [0.29, 0.717) is 0 Å². The van der Waals surface area contributed by atoms with Gasteiger partial charge in [0, 0.05) is 0 Å². The van der Waals surface area contributed by atoms with E-state index in [-0.39, 0.29) is 0 Å². The van der Waals surface area contributed by atoms with Gasteiger partial charge in [-0.15, -0.1) is 0 Å². The molecule has 11 heavy (non-hydrogen) atoms. The second kappa shape index (κ2) is 3.67. The fraction of sp³-hybridized carbons (Fsp3) is 0.333. The van der Waals surface area contributed by atoms with Crippen molar-refractivity contribution in [1.29, 1.82) is 0 Å². The zero-order valence-electron chi connectivity index (χ0n) is 7.37. The third-order valence-electron chi connectivity index (χ3n) is 1.23. The molecule has 0 amide bonds. The van der Waals surface area contributed by atoms with Gasteiger partial charge in [0.15, 0.2) is 0 Å². The SMILES string of the molecule is [CH3][Al-]([CH3])([CH3])[S]c1ccccc1. The fourth-order valence-electron chi connectivity index (χ4n) is 0.907. The van der Waals surface area contributed by atoms with E-state index in [4.69, 9.17) is 0 Å². The van der Waals surface area contributed by atoms with Crippen LogP contribution in [0.4, 0.5) is 0 Å². The highest BCUT2D eigenvalue weighted by molar-refractivity contribution is 8.28. The van der Waals surface area contributed by atoms with E-state index in [1.807, 2.05) is 0 Å². The molecule has 60 valence electrons. The predicted molar refractivity (Wildman–Crippen MR) is 55.6 cm³/mol. The van der Waals surface area contributed by atoms with Gasteiger partial charge in [-0.05, 0) is 4.90 Å². The zero-order chi connectivity index (χ0) is 8.32. The molecule has 0 unspecified atom stereocenters. The first-order valence-electron chi connectivity index (χ1n) is 4.08. The number of rotatable bonds is 2. The Morgan fingerprint density at radius 3 is 2.00 bits per heavy atom. The summed E-state index contributed by atoms with van der Waals surface area (Å²) in [6.45, 7) is 0. The second-order valence-electron chi connectivity index (χ2n) is 3.87. The second-order valence-corrected chi connectivity index (χ2v) is 14.4. The smallest absolute Gasteiger partial charge is 0.202 e. The van der Waals surface area contributed by atoms with Crippen molar-refractivity contribution in [2.24, 2.45) is 0 Å². The van der Waals surface area contributed by atoms with Gasteiger partial charge in [-0.25, -0.2) is 0 Å². The summed E-state index contributed by atoms with van der Waals surface area (Å²) in [5.41, 5.74) is 0. The molecule has 0 aliphatic carbocycles. The topological polar surface area (TPSA) is 0 Å². The Balaban J connectivity index is 2.66. The molecule has 0 nitrogen and oxygen atoms in total. The van der Waals surface area contributed by atoms with Gasteiger partial charge in [0.25, 0.3) is 0 Å². The molecule has 1 rings (SSSR count). The molecular formula is C9H14AlS-. The van der Waals surface area contributed by atoms with Crippen LogP contribution in [0, 0.1) is 0 Å². The lowest BCUT2D eigenvalue weighted by molar-refractivity contribution is 1.47. The highest BCUT2D eigenvalue weighted by Gasteiger charge is 2.10. The van der Waals surface area contributed by atoms with Crippen molar-refractivity contribution in [2.75, 3.05) is 0 Å². The highest BCUT2D eigenvalue weighted by atomic mass is 32.3. The molecule has 0 heterocycles. The van der Waals surface area contributed by atoms with Crippen molar-refractivity contribution in [3.05, 3.63) is 30.3 Å². The number of hydrogen-bond acceptors (Lipinski definition) is 1. The monoisotopic (exact) mass is 181 g/mol. The summed E-state index contributed by atoms with van der Waals surface area (Å²) in [6, 6.07) is 10.7. The average molecular weight is 181 g/mol. The Labute approximate surface area is 74.7 Å². The first kappa shape index (κ1) is 9.19. The molecular weight excluding hydrogens is 167 g/mol. The van der Waals surface area contributed by atoms with Crippen LogP contribution in [-0.2, 0) is 0 Å². The summed E-state index contributed by atoms with van der Waals surface area (Å²) in [4.78, 5) is 1.42. The van der Waals surface area contributed by atoms with E-state index < -0.39 is 11.9 Å². The van der Waals surface area contributed by atoms with Crippen molar-refractivity contribution >= 4 is 22.1 Å². The molecule has 0 saturated heterocycles. The summed E-state index contributed by atoms with van der Waals surface area (Å²) in [5, 5.41) is 0. The van der Waals surface area contributed by atoms with E-state index in [1.165, 1.54) is 4.90 Å². The van der Waals surface area contributed by atoms with E-state index in [9.17, 15) is 0 Å². The van der Waals surface area contributed by atoms with Crippen LogP contribution in [0.1, 0.15) is 0 Å². The fourth-order valence-corrected chi connectivity index (χ4v) is 4.96. The van der Waals surface area contributed by atoms with Gasteiger partial charge in [0.1, 0.15) is 0 Å². The van der Waals surface area contributed by atoms with Crippen LogP contribution in [0.2, 0.25) is 17.4 Å². The standard InChI is InChI=1S/C6H6S.3CH3.Al/c7-6-4-2-1-3-5-6;;;;/h1-5,7H;3*1H3;/p-1. The molecule has 0 spiro atoms. The van der Waals surface area contributed by atoms with Gasteiger partial charge < -0.3 is 10.1 Å². The molecule has 0 radical (unpaired) electrons. The van der Waals surface area contributed by atoms with Gasteiger partial charge >= 0.3 is 0 Å². The molecule has 1 aromatic rings. The Hall–Kier alpha value is 0.102. The minimum atomic E-state index is -1.24. The average Bonchev–Trinajstić information content (AvgIpc) is 1.85. The summed E-state index contributed by atoms with van der Waals surface area (Å²) < 4.78 is 0. The van der Waals surface area contributed by atoms with Gasteiger partial charge in [-0.2, -0.15) is 17.4 Å². The van der Waals surface area contributed by atoms with E-state index in [1.54, 1.807) is 0 Å². The molecule has 0 aliphatic rings. The molecule has 1 aromatic carbocycles. The van der Waals surface area contributed by atoms with Crippen LogP contribution >= 0.6 is 10.1 Å². The maximum atomic E-state index is 2.39. The van der Waals surface area contributed by atoms with Gasteiger partial charge in [-0.3, -0.25) is 0 Å². The van der Waals surface area contributed by atoms with Crippen LogP contribution in [0.5, 0.6) is 0 Å². The third kappa shape index (κ3) is 3.86. The van der Waals surface area contributed by atoms with Gasteiger partial charge in [-0.1, -0.05) is 30.3 Å². The van der Waals surface area contributed by atoms with Crippen molar-refractivity contribution in [1.82, 2.24) is 0 Å². The maximum absolute atomic E-state index is 2.39. The predicted octanol–water partition coefficient (Wildman–Crippen LogP) is 3.61. The van der Waals surface area contributed by atoms with Crippen molar-refractivity contribution in [3.8, 4) is 0 Å². The molecule has 0 aliphatic heterocycles. The minimum absolute atomic E-state index is 1.24. The highest BCUT2D eigenvalue weighted by Crippen LogP contribution is 2.28. The summed E-state index contributed by atoms with van der Waals surface area (Å²) in [6.07, 6.45) is 0. The van der Waals surface area contributed by atoms with E-state index in [0.717, 1.165) is 0 Å². The molecule has 0 bridgehead atoms. The third-order valence-corrected chi connectivity index (χ3v) is 5.42. The summed E-state index contributed by atoms with van der Waals surface area (Å²) >= 11 is -1.24. The van der Waals surface area contributed by atoms with Crippen LogP contribution in [-0.4, -0.2) is 11.9 Å². The first-order valence-corrected chi connectivity index (χ1v) is 9.84. The number of benzene rings is 1. The first-order chi connectivity index (χ1) is 5.08. The Kier molecular flexibility index (Phi) is 3.07. The van der Waals surface area contributed by atoms with Crippen LogP contribution < -0.4 is 0 Å². The molecule has 0 atom stereocenters. The lowest BCUT2D eigenvalue weighted by Gasteiger charge is -2.20. The molecule has 0 saturated carbocycles. The Morgan fingerprint density at radius 1 is 1.00 bits per heavy atom. The van der Waals surface area contributed by atoms with Gasteiger partial charge in [0.05, 0.1) is 0 Å². The molecule has 0 aromatic heterocycles. The molecule has 2 heteroatoms. The maximum Gasteiger partial charge on any atom is 0.202 e. The van der Waals surface area contributed by atoms with Crippen LogP contribution in [0.3, 0.4) is 0 Å². The lowest BCUT2D eigenvalue weighted by atomic mass is 10.4. The minimum Gasteiger partial charge on any atom is -0.380 e. The molecule has 0 N–H and O–H groups in total. The zero-order valence-corrected chi connectivity index (χ0v) is 9.34. The van der Waals surface area contributed by atoms with Gasteiger partial charge in [0.2, 0.25) is 11.9 Å². The van der Waals surface area contributed by atoms with Crippen molar-refractivity contribution in [2.45, 2.75) is 22.3 Å². The summed E-state index contributed by atoms with van der Waals surface area (Å²) in [5.74, 6) is 7.18. The summed E-state index contributed by atoms with van der Waals surface area (Å²) in [7, 11) is 2.07. The largest absolute Gasteiger partial charge is 0.380 e.